The van der Waals surface area contributed by atoms with Gasteiger partial charge in [0.15, 0.2) is 5.82 Å². The summed E-state index contributed by atoms with van der Waals surface area (Å²) in [5, 5.41) is 14.4. The molecule has 1 aliphatic heterocycles. The number of aryl methyl sites for hydroxylation is 1. The number of piperidine rings is 1. The van der Waals surface area contributed by atoms with E-state index < -0.39 is 0 Å². The third-order valence-electron chi connectivity index (χ3n) is 4.79. The molecule has 1 aliphatic rings. The van der Waals surface area contributed by atoms with Gasteiger partial charge in [-0.2, -0.15) is 5.10 Å². The number of aliphatic hydroxyl groups is 1. The van der Waals surface area contributed by atoms with Gasteiger partial charge >= 0.3 is 0 Å². The van der Waals surface area contributed by atoms with Gasteiger partial charge in [0.05, 0.1) is 11.8 Å². The van der Waals surface area contributed by atoms with Gasteiger partial charge in [-0.3, -0.25) is 0 Å². The lowest BCUT2D eigenvalue weighted by Crippen LogP contribution is -2.36. The summed E-state index contributed by atoms with van der Waals surface area (Å²) in [6.45, 7) is 3.83. The molecule has 0 unspecified atom stereocenters. The quantitative estimate of drug-likeness (QED) is 0.805. The van der Waals surface area contributed by atoms with Crippen molar-refractivity contribution in [2.45, 2.75) is 32.3 Å². The van der Waals surface area contributed by atoms with E-state index in [9.17, 15) is 5.11 Å². The van der Waals surface area contributed by atoms with Crippen LogP contribution in [0.4, 0.5) is 5.82 Å². The third kappa shape index (κ3) is 2.76. The first-order valence-corrected chi connectivity index (χ1v) is 8.61. The standard InChI is InChI=1S/C19H22N4O/c1-2-14-3-5-15(6-4-14)17-13-18-19(20-9-12-23(18)21-17)22-10-7-16(24)8-11-22/h3-6,9,12-13,16,24H,2,7-8,10-11H2,1H3. The van der Waals surface area contributed by atoms with Gasteiger partial charge in [-0.1, -0.05) is 31.2 Å². The van der Waals surface area contributed by atoms with Crippen molar-refractivity contribution in [3.63, 3.8) is 0 Å². The summed E-state index contributed by atoms with van der Waals surface area (Å²) in [6.07, 6.45) is 6.13. The van der Waals surface area contributed by atoms with E-state index in [-0.39, 0.29) is 6.10 Å². The Kier molecular flexibility index (Phi) is 3.94. The summed E-state index contributed by atoms with van der Waals surface area (Å²) in [5.41, 5.74) is 4.43. The molecule has 1 aromatic carbocycles. The third-order valence-corrected chi connectivity index (χ3v) is 4.79. The summed E-state index contributed by atoms with van der Waals surface area (Å²) in [4.78, 5) is 6.82. The van der Waals surface area contributed by atoms with Crippen LogP contribution in [0.15, 0.2) is 42.7 Å². The molecular formula is C19H22N4O. The van der Waals surface area contributed by atoms with Crippen molar-refractivity contribution in [3.05, 3.63) is 48.3 Å². The second kappa shape index (κ2) is 6.24. The van der Waals surface area contributed by atoms with Gasteiger partial charge in [0.2, 0.25) is 0 Å². The van der Waals surface area contributed by atoms with Crippen molar-refractivity contribution in [1.82, 2.24) is 14.6 Å². The molecule has 1 N–H and O–H groups in total. The van der Waals surface area contributed by atoms with Gasteiger partial charge in [0.25, 0.3) is 0 Å². The van der Waals surface area contributed by atoms with Crippen molar-refractivity contribution in [2.24, 2.45) is 0 Å². The van der Waals surface area contributed by atoms with Crippen LogP contribution in [0.2, 0.25) is 0 Å². The first-order chi connectivity index (χ1) is 11.7. The van der Waals surface area contributed by atoms with Crippen molar-refractivity contribution in [3.8, 4) is 11.3 Å². The van der Waals surface area contributed by atoms with E-state index in [1.54, 1.807) is 6.20 Å². The monoisotopic (exact) mass is 322 g/mol. The summed E-state index contributed by atoms with van der Waals surface area (Å²) >= 11 is 0. The van der Waals surface area contributed by atoms with Gasteiger partial charge in [-0.15, -0.1) is 0 Å². The minimum Gasteiger partial charge on any atom is -0.393 e. The first-order valence-electron chi connectivity index (χ1n) is 8.61. The second-order valence-electron chi connectivity index (χ2n) is 6.38. The molecule has 0 amide bonds. The van der Waals surface area contributed by atoms with E-state index in [1.165, 1.54) is 5.56 Å². The summed E-state index contributed by atoms with van der Waals surface area (Å²) < 4.78 is 1.90. The smallest absolute Gasteiger partial charge is 0.154 e. The lowest BCUT2D eigenvalue weighted by atomic mass is 10.1. The topological polar surface area (TPSA) is 53.7 Å². The molecule has 0 bridgehead atoms. The Bertz CT molecular complexity index is 832. The number of rotatable bonds is 3. The zero-order valence-corrected chi connectivity index (χ0v) is 13.9. The fraction of sp³-hybridized carbons (Fsp3) is 0.368. The maximum Gasteiger partial charge on any atom is 0.154 e. The van der Waals surface area contributed by atoms with Crippen molar-refractivity contribution < 1.29 is 5.11 Å². The fourth-order valence-corrected chi connectivity index (χ4v) is 3.28. The highest BCUT2D eigenvalue weighted by Crippen LogP contribution is 2.27. The number of anilines is 1. The second-order valence-corrected chi connectivity index (χ2v) is 6.38. The van der Waals surface area contributed by atoms with Crippen molar-refractivity contribution in [1.29, 1.82) is 0 Å². The van der Waals surface area contributed by atoms with Crippen molar-refractivity contribution in [2.75, 3.05) is 18.0 Å². The van der Waals surface area contributed by atoms with E-state index in [4.69, 9.17) is 5.10 Å². The normalized spacial score (nSPS) is 16.0. The number of aromatic nitrogens is 3. The van der Waals surface area contributed by atoms with Crippen LogP contribution in [-0.4, -0.2) is 38.9 Å². The number of hydrogen-bond acceptors (Lipinski definition) is 4. The Balaban J connectivity index is 1.71. The Morgan fingerprint density at radius 1 is 1.17 bits per heavy atom. The van der Waals surface area contributed by atoms with Gasteiger partial charge in [0, 0.05) is 31.0 Å². The van der Waals surface area contributed by atoms with Crippen LogP contribution in [0.25, 0.3) is 16.8 Å². The molecule has 0 aliphatic carbocycles. The number of benzene rings is 1. The van der Waals surface area contributed by atoms with Gasteiger partial charge in [-0.25, -0.2) is 9.50 Å². The highest BCUT2D eigenvalue weighted by molar-refractivity contribution is 5.75. The molecule has 1 saturated heterocycles. The summed E-state index contributed by atoms with van der Waals surface area (Å²) in [7, 11) is 0. The largest absolute Gasteiger partial charge is 0.393 e. The predicted octanol–water partition coefficient (Wildman–Crippen LogP) is 2.92. The summed E-state index contributed by atoms with van der Waals surface area (Å²) in [6, 6.07) is 10.7. The highest BCUT2D eigenvalue weighted by Gasteiger charge is 2.20. The van der Waals surface area contributed by atoms with E-state index >= 15 is 0 Å². The van der Waals surface area contributed by atoms with E-state index in [0.29, 0.717) is 0 Å². The maximum atomic E-state index is 9.72. The average molecular weight is 322 g/mol. The van der Waals surface area contributed by atoms with Crippen LogP contribution >= 0.6 is 0 Å². The van der Waals surface area contributed by atoms with Crippen LogP contribution < -0.4 is 4.90 Å². The Labute approximate surface area is 141 Å². The average Bonchev–Trinajstić information content (AvgIpc) is 3.07. The zero-order valence-electron chi connectivity index (χ0n) is 13.9. The lowest BCUT2D eigenvalue weighted by Gasteiger charge is -2.30. The highest BCUT2D eigenvalue weighted by atomic mass is 16.3. The van der Waals surface area contributed by atoms with E-state index in [2.05, 4.69) is 47.1 Å². The Morgan fingerprint density at radius 2 is 1.92 bits per heavy atom. The molecule has 3 heterocycles. The molecule has 5 nitrogen and oxygen atoms in total. The molecule has 0 spiro atoms. The Morgan fingerprint density at radius 3 is 2.62 bits per heavy atom. The molecule has 0 radical (unpaired) electrons. The van der Waals surface area contributed by atoms with Crippen LogP contribution in [0.5, 0.6) is 0 Å². The molecular weight excluding hydrogens is 300 g/mol. The molecule has 0 saturated carbocycles. The van der Waals surface area contributed by atoms with Crippen LogP contribution in [0.3, 0.4) is 0 Å². The Hall–Kier alpha value is -2.40. The van der Waals surface area contributed by atoms with Gasteiger partial charge < -0.3 is 10.0 Å². The maximum absolute atomic E-state index is 9.72. The summed E-state index contributed by atoms with van der Waals surface area (Å²) in [5.74, 6) is 0.952. The zero-order chi connectivity index (χ0) is 16.5. The van der Waals surface area contributed by atoms with Crippen molar-refractivity contribution >= 4 is 11.3 Å². The van der Waals surface area contributed by atoms with Crippen LogP contribution in [0, 0.1) is 0 Å². The minimum absolute atomic E-state index is 0.182. The van der Waals surface area contributed by atoms with Crippen LogP contribution in [-0.2, 0) is 6.42 Å². The fourth-order valence-electron chi connectivity index (χ4n) is 3.28. The number of fused-ring (bicyclic) bond motifs is 1. The molecule has 0 atom stereocenters. The molecule has 2 aromatic heterocycles. The van der Waals surface area contributed by atoms with E-state index in [1.807, 2.05) is 10.7 Å². The number of nitrogens with zero attached hydrogens (tertiary/aromatic N) is 4. The molecule has 1 fully saturated rings. The minimum atomic E-state index is -0.182. The first kappa shape index (κ1) is 15.1. The SMILES string of the molecule is CCc1ccc(-c2cc3c(N4CCC(O)CC4)nccn3n2)cc1. The molecule has 124 valence electrons. The number of hydrogen-bond donors (Lipinski definition) is 1. The molecule has 3 aromatic rings. The number of aliphatic hydroxyl groups excluding tert-OH is 1. The molecule has 24 heavy (non-hydrogen) atoms. The van der Waals surface area contributed by atoms with Gasteiger partial charge in [0.1, 0.15) is 5.52 Å². The van der Waals surface area contributed by atoms with E-state index in [0.717, 1.165) is 54.9 Å². The lowest BCUT2D eigenvalue weighted by molar-refractivity contribution is 0.145. The molecule has 4 rings (SSSR count). The predicted molar refractivity (Wildman–Crippen MR) is 95.3 cm³/mol. The molecule has 5 heteroatoms. The van der Waals surface area contributed by atoms with Gasteiger partial charge in [-0.05, 0) is 30.9 Å². The van der Waals surface area contributed by atoms with Crippen LogP contribution in [0.1, 0.15) is 25.3 Å².